The van der Waals surface area contributed by atoms with Crippen molar-refractivity contribution in [2.45, 2.75) is 17.7 Å². The van der Waals surface area contributed by atoms with E-state index in [4.69, 9.17) is 0 Å². The maximum atomic E-state index is 12.0. The van der Waals surface area contributed by atoms with Crippen LogP contribution in [0.3, 0.4) is 0 Å². The molecule has 0 aliphatic carbocycles. The van der Waals surface area contributed by atoms with Crippen LogP contribution in [0.1, 0.15) is 12.8 Å². The largest absolute Gasteiger partial charge is 0.326 e. The summed E-state index contributed by atoms with van der Waals surface area (Å²) in [6, 6.07) is 7.97. The molecule has 0 saturated carbocycles. The van der Waals surface area contributed by atoms with E-state index in [0.29, 0.717) is 0 Å². The molecule has 1 fully saturated rings. The minimum absolute atomic E-state index is 0. The maximum Gasteiger partial charge on any atom is 0.228 e. The number of halogens is 1. The van der Waals surface area contributed by atoms with Crippen LogP contribution in [-0.4, -0.2) is 25.3 Å². The molecular weight excluding hydrogens is 268 g/mol. The predicted molar refractivity (Wildman–Crippen MR) is 79.7 cm³/mol. The summed E-state index contributed by atoms with van der Waals surface area (Å²) in [6.07, 6.45) is 4.11. The Labute approximate surface area is 119 Å². The number of carbonyl (C=O) groups excluding carboxylic acids is 1. The van der Waals surface area contributed by atoms with Crippen LogP contribution in [0.15, 0.2) is 29.2 Å². The van der Waals surface area contributed by atoms with Crippen LogP contribution in [0.2, 0.25) is 0 Å². The molecule has 3 nitrogen and oxygen atoms in total. The maximum absolute atomic E-state index is 12.0. The van der Waals surface area contributed by atoms with Crippen LogP contribution < -0.4 is 10.6 Å². The van der Waals surface area contributed by atoms with Crippen LogP contribution in [-0.2, 0) is 4.79 Å². The molecule has 0 aromatic heterocycles. The lowest BCUT2D eigenvalue weighted by atomic mass is 9.99. The zero-order valence-electron chi connectivity index (χ0n) is 10.4. The molecule has 2 rings (SSSR count). The highest BCUT2D eigenvalue weighted by Crippen LogP contribution is 2.20. The van der Waals surface area contributed by atoms with Gasteiger partial charge in [-0.05, 0) is 43.8 Å². The quantitative estimate of drug-likeness (QED) is 0.840. The van der Waals surface area contributed by atoms with Gasteiger partial charge in [0.25, 0.3) is 0 Å². The van der Waals surface area contributed by atoms with Gasteiger partial charge in [-0.1, -0.05) is 6.07 Å². The van der Waals surface area contributed by atoms with Crippen molar-refractivity contribution in [3.8, 4) is 0 Å². The monoisotopic (exact) mass is 286 g/mol. The fourth-order valence-corrected chi connectivity index (χ4v) is 2.48. The van der Waals surface area contributed by atoms with E-state index in [1.54, 1.807) is 11.8 Å². The minimum Gasteiger partial charge on any atom is -0.326 e. The molecule has 1 amide bonds. The van der Waals surface area contributed by atoms with E-state index in [9.17, 15) is 4.79 Å². The lowest BCUT2D eigenvalue weighted by Gasteiger charge is -2.21. The van der Waals surface area contributed by atoms with Gasteiger partial charge in [0.2, 0.25) is 5.91 Å². The first-order valence-corrected chi connectivity index (χ1v) is 7.17. The van der Waals surface area contributed by atoms with Crippen molar-refractivity contribution in [3.05, 3.63) is 24.3 Å². The molecule has 1 saturated heterocycles. The Morgan fingerprint density at radius 3 is 3.00 bits per heavy atom. The third-order valence-electron chi connectivity index (χ3n) is 3.00. The number of piperidine rings is 1. The average molecular weight is 287 g/mol. The Balaban J connectivity index is 0.00000162. The van der Waals surface area contributed by atoms with Gasteiger partial charge in [-0.3, -0.25) is 4.79 Å². The van der Waals surface area contributed by atoms with Crippen LogP contribution in [0, 0.1) is 5.92 Å². The number of hydrogen-bond donors (Lipinski definition) is 2. The predicted octanol–water partition coefficient (Wildman–Crippen LogP) is 2.77. The molecule has 0 bridgehead atoms. The average Bonchev–Trinajstić information content (AvgIpc) is 2.40. The molecule has 1 aliphatic heterocycles. The summed E-state index contributed by atoms with van der Waals surface area (Å²) in [6.45, 7) is 1.83. The van der Waals surface area contributed by atoms with Crippen molar-refractivity contribution in [1.29, 1.82) is 0 Å². The molecule has 18 heavy (non-hydrogen) atoms. The van der Waals surface area contributed by atoms with E-state index < -0.39 is 0 Å². The summed E-state index contributed by atoms with van der Waals surface area (Å²) in [4.78, 5) is 13.2. The summed E-state index contributed by atoms with van der Waals surface area (Å²) >= 11 is 1.68. The number of thioether (sulfide) groups is 1. The Hall–Kier alpha value is -0.710. The second-order valence-corrected chi connectivity index (χ2v) is 5.14. The number of benzene rings is 1. The summed E-state index contributed by atoms with van der Waals surface area (Å²) in [5.74, 6) is 0.247. The zero-order valence-corrected chi connectivity index (χ0v) is 12.1. The molecule has 0 radical (unpaired) electrons. The van der Waals surface area contributed by atoms with E-state index in [-0.39, 0.29) is 24.2 Å². The lowest BCUT2D eigenvalue weighted by molar-refractivity contribution is -0.120. The minimum atomic E-state index is 0. The lowest BCUT2D eigenvalue weighted by Crippen LogP contribution is -2.37. The van der Waals surface area contributed by atoms with Crippen molar-refractivity contribution in [2.24, 2.45) is 5.92 Å². The topological polar surface area (TPSA) is 41.1 Å². The van der Waals surface area contributed by atoms with Crippen LogP contribution >= 0.6 is 24.2 Å². The van der Waals surface area contributed by atoms with Crippen LogP contribution in [0.5, 0.6) is 0 Å². The Bertz CT molecular complexity index is 394. The molecule has 1 aromatic carbocycles. The Kier molecular flexibility index (Phi) is 6.54. The molecule has 1 unspecified atom stereocenters. The number of amides is 1. The van der Waals surface area contributed by atoms with Crippen molar-refractivity contribution < 1.29 is 4.79 Å². The van der Waals surface area contributed by atoms with E-state index in [1.165, 1.54) is 4.90 Å². The SMILES string of the molecule is CSc1cccc(NC(=O)C2CCCNC2)c1.Cl. The Morgan fingerprint density at radius 2 is 2.33 bits per heavy atom. The van der Waals surface area contributed by atoms with Gasteiger partial charge in [-0.25, -0.2) is 0 Å². The van der Waals surface area contributed by atoms with Gasteiger partial charge >= 0.3 is 0 Å². The van der Waals surface area contributed by atoms with E-state index in [0.717, 1.165) is 31.6 Å². The third-order valence-corrected chi connectivity index (χ3v) is 3.73. The number of nitrogens with one attached hydrogen (secondary N) is 2. The van der Waals surface area contributed by atoms with Gasteiger partial charge in [0, 0.05) is 17.1 Å². The van der Waals surface area contributed by atoms with Crippen molar-refractivity contribution in [3.63, 3.8) is 0 Å². The molecule has 1 atom stereocenters. The molecule has 2 N–H and O–H groups in total. The molecule has 1 aromatic rings. The highest BCUT2D eigenvalue weighted by molar-refractivity contribution is 7.98. The van der Waals surface area contributed by atoms with E-state index >= 15 is 0 Å². The number of carbonyl (C=O) groups is 1. The van der Waals surface area contributed by atoms with E-state index in [2.05, 4.69) is 10.6 Å². The normalized spacial score (nSPS) is 18.8. The first-order valence-electron chi connectivity index (χ1n) is 5.95. The van der Waals surface area contributed by atoms with Gasteiger partial charge in [-0.15, -0.1) is 24.2 Å². The first kappa shape index (κ1) is 15.3. The summed E-state index contributed by atoms with van der Waals surface area (Å²) in [5, 5.41) is 6.25. The fourth-order valence-electron chi connectivity index (χ4n) is 2.02. The van der Waals surface area contributed by atoms with Gasteiger partial charge in [-0.2, -0.15) is 0 Å². The summed E-state index contributed by atoms with van der Waals surface area (Å²) in [7, 11) is 0. The molecule has 100 valence electrons. The van der Waals surface area contributed by atoms with Gasteiger partial charge < -0.3 is 10.6 Å². The molecule has 5 heteroatoms. The smallest absolute Gasteiger partial charge is 0.228 e. The highest BCUT2D eigenvalue weighted by atomic mass is 35.5. The van der Waals surface area contributed by atoms with E-state index in [1.807, 2.05) is 30.5 Å². The summed E-state index contributed by atoms with van der Waals surface area (Å²) < 4.78 is 0. The number of hydrogen-bond acceptors (Lipinski definition) is 3. The number of rotatable bonds is 3. The third kappa shape index (κ3) is 4.19. The first-order chi connectivity index (χ1) is 8.29. The molecule has 0 spiro atoms. The summed E-state index contributed by atoms with van der Waals surface area (Å²) in [5.41, 5.74) is 0.896. The molecular formula is C13H19ClN2OS. The Morgan fingerprint density at radius 1 is 1.50 bits per heavy atom. The number of anilines is 1. The molecule has 1 heterocycles. The van der Waals surface area contributed by atoms with Crippen LogP contribution in [0.4, 0.5) is 5.69 Å². The van der Waals surface area contributed by atoms with Crippen molar-refractivity contribution in [1.82, 2.24) is 5.32 Å². The van der Waals surface area contributed by atoms with Crippen molar-refractivity contribution >= 4 is 35.8 Å². The van der Waals surface area contributed by atoms with Gasteiger partial charge in [0.05, 0.1) is 5.92 Å². The second-order valence-electron chi connectivity index (χ2n) is 4.26. The molecule has 1 aliphatic rings. The highest BCUT2D eigenvalue weighted by Gasteiger charge is 2.20. The zero-order chi connectivity index (χ0) is 12.1. The van der Waals surface area contributed by atoms with Gasteiger partial charge in [0.15, 0.2) is 0 Å². The fraction of sp³-hybridized carbons (Fsp3) is 0.462. The second kappa shape index (κ2) is 7.67. The van der Waals surface area contributed by atoms with Gasteiger partial charge in [0.1, 0.15) is 0 Å². The standard InChI is InChI=1S/C13H18N2OS.ClH/c1-17-12-6-2-5-11(8-12)15-13(16)10-4-3-7-14-9-10;/h2,5-6,8,10,14H,3-4,7,9H2,1H3,(H,15,16);1H. The van der Waals surface area contributed by atoms with Crippen LogP contribution in [0.25, 0.3) is 0 Å². The van der Waals surface area contributed by atoms with Crippen molar-refractivity contribution in [2.75, 3.05) is 24.7 Å².